The molecule has 2 aromatic carbocycles. The molecule has 0 aliphatic carbocycles. The highest BCUT2D eigenvalue weighted by atomic mass is 16.5. The Morgan fingerprint density at radius 1 is 1.15 bits per heavy atom. The number of aromatic amines is 1. The Balaban J connectivity index is 1.53. The number of carboxylic acid groups (broad SMARTS) is 1. The fourth-order valence-electron chi connectivity index (χ4n) is 3.24. The number of rotatable bonds is 5. The number of nitrogens with zero attached hydrogens (tertiary/aromatic N) is 2. The topological polar surface area (TPSA) is 87.6 Å². The summed E-state index contributed by atoms with van der Waals surface area (Å²) < 4.78 is 7.55. The molecule has 4 rings (SSSR count). The van der Waals surface area contributed by atoms with Crippen LogP contribution in [0.25, 0.3) is 11.0 Å². The number of para-hydroxylation sites is 1. The molecule has 0 atom stereocenters. The maximum Gasteiger partial charge on any atom is 0.407 e. The number of nitrogens with one attached hydrogen (secondary N) is 1. The molecule has 1 aliphatic heterocycles. The Morgan fingerprint density at radius 3 is 2.65 bits per heavy atom. The molecule has 1 fully saturated rings. The molecule has 2 N–H and O–H groups in total. The molecule has 0 bridgehead atoms. The van der Waals surface area contributed by atoms with E-state index in [1.165, 1.54) is 4.90 Å². The zero-order valence-electron chi connectivity index (χ0n) is 14.1. The maximum absolute atomic E-state index is 12.4. The lowest BCUT2D eigenvalue weighted by Gasteiger charge is -2.36. The van der Waals surface area contributed by atoms with Crippen LogP contribution in [0.2, 0.25) is 0 Å². The Labute approximate surface area is 149 Å². The van der Waals surface area contributed by atoms with Crippen LogP contribution in [0.1, 0.15) is 5.56 Å². The van der Waals surface area contributed by atoms with Crippen molar-refractivity contribution < 1.29 is 14.6 Å². The second-order valence-corrected chi connectivity index (χ2v) is 6.52. The van der Waals surface area contributed by atoms with Crippen molar-refractivity contribution in [2.45, 2.75) is 6.54 Å². The summed E-state index contributed by atoms with van der Waals surface area (Å²) in [5.74, 6) is 0.791. The number of aromatic nitrogens is 2. The van der Waals surface area contributed by atoms with Crippen molar-refractivity contribution in [3.63, 3.8) is 0 Å². The summed E-state index contributed by atoms with van der Waals surface area (Å²) >= 11 is 0. The largest absolute Gasteiger partial charge is 0.491 e. The molecule has 3 aromatic rings. The quantitative estimate of drug-likeness (QED) is 0.737. The van der Waals surface area contributed by atoms with Gasteiger partial charge in [-0.1, -0.05) is 36.4 Å². The minimum absolute atomic E-state index is 0.180. The number of carbonyl (C=O) groups is 1. The number of hydrogen-bond donors (Lipinski definition) is 2. The highest BCUT2D eigenvalue weighted by Gasteiger charge is 2.31. The van der Waals surface area contributed by atoms with Crippen molar-refractivity contribution in [3.05, 3.63) is 64.6 Å². The number of ether oxygens (including phenoxy) is 1. The lowest BCUT2D eigenvalue weighted by molar-refractivity contribution is 0.0588. The third-order valence-corrected chi connectivity index (χ3v) is 4.66. The first-order valence-electron chi connectivity index (χ1n) is 8.48. The molecule has 0 spiro atoms. The number of amides is 1. The summed E-state index contributed by atoms with van der Waals surface area (Å²) in [4.78, 5) is 27.4. The van der Waals surface area contributed by atoms with E-state index in [1.807, 2.05) is 48.5 Å². The Bertz CT molecular complexity index is 987. The van der Waals surface area contributed by atoms with E-state index in [4.69, 9.17) is 9.84 Å². The Kier molecular flexibility index (Phi) is 4.12. The molecule has 7 nitrogen and oxygen atoms in total. The van der Waals surface area contributed by atoms with Gasteiger partial charge < -0.3 is 19.7 Å². The average Bonchev–Trinajstić information content (AvgIpc) is 2.91. The monoisotopic (exact) mass is 353 g/mol. The van der Waals surface area contributed by atoms with Gasteiger partial charge in [0.05, 0.1) is 18.7 Å². The van der Waals surface area contributed by atoms with Crippen molar-refractivity contribution in [1.29, 1.82) is 0 Å². The van der Waals surface area contributed by atoms with Gasteiger partial charge in [-0.2, -0.15) is 0 Å². The minimum atomic E-state index is -0.898. The Morgan fingerprint density at radius 2 is 1.92 bits per heavy atom. The van der Waals surface area contributed by atoms with Gasteiger partial charge in [-0.15, -0.1) is 0 Å². The molecule has 134 valence electrons. The first-order chi connectivity index (χ1) is 12.6. The summed E-state index contributed by atoms with van der Waals surface area (Å²) in [5.41, 5.74) is 2.32. The van der Waals surface area contributed by atoms with Crippen molar-refractivity contribution in [2.24, 2.45) is 5.92 Å². The van der Waals surface area contributed by atoms with E-state index in [0.717, 1.165) is 11.1 Å². The second-order valence-electron chi connectivity index (χ2n) is 6.52. The van der Waals surface area contributed by atoms with E-state index in [2.05, 4.69) is 4.98 Å². The number of H-pyrrole nitrogens is 1. The molecule has 1 saturated heterocycles. The summed E-state index contributed by atoms with van der Waals surface area (Å²) in [6.07, 6.45) is -0.898. The number of imidazole rings is 1. The molecular weight excluding hydrogens is 334 g/mol. The average molecular weight is 353 g/mol. The van der Waals surface area contributed by atoms with Crippen LogP contribution in [0.4, 0.5) is 4.79 Å². The maximum atomic E-state index is 12.4. The summed E-state index contributed by atoms with van der Waals surface area (Å²) in [6, 6.07) is 15.4. The first-order valence-corrected chi connectivity index (χ1v) is 8.48. The van der Waals surface area contributed by atoms with Gasteiger partial charge in [0.1, 0.15) is 11.3 Å². The second kappa shape index (κ2) is 6.59. The van der Waals surface area contributed by atoms with Gasteiger partial charge in [-0.05, 0) is 17.7 Å². The molecule has 0 unspecified atom stereocenters. The van der Waals surface area contributed by atoms with Crippen LogP contribution in [0.5, 0.6) is 5.75 Å². The lowest BCUT2D eigenvalue weighted by atomic mass is 10.0. The van der Waals surface area contributed by atoms with Gasteiger partial charge in [0.15, 0.2) is 0 Å². The van der Waals surface area contributed by atoms with Crippen LogP contribution in [-0.4, -0.2) is 45.3 Å². The highest BCUT2D eigenvalue weighted by Crippen LogP contribution is 2.25. The smallest absolute Gasteiger partial charge is 0.407 e. The summed E-state index contributed by atoms with van der Waals surface area (Å²) in [7, 11) is 0. The van der Waals surface area contributed by atoms with E-state index in [0.29, 0.717) is 37.5 Å². The van der Waals surface area contributed by atoms with Gasteiger partial charge in [0, 0.05) is 19.0 Å². The van der Waals surface area contributed by atoms with Crippen LogP contribution < -0.4 is 10.4 Å². The molecule has 26 heavy (non-hydrogen) atoms. The fraction of sp³-hybridized carbons (Fsp3) is 0.263. The normalized spacial score (nSPS) is 14.4. The molecule has 1 aliphatic rings. The van der Waals surface area contributed by atoms with Gasteiger partial charge in [-0.25, -0.2) is 9.59 Å². The van der Waals surface area contributed by atoms with Crippen LogP contribution >= 0.6 is 0 Å². The van der Waals surface area contributed by atoms with Crippen molar-refractivity contribution in [3.8, 4) is 5.75 Å². The van der Waals surface area contributed by atoms with Crippen LogP contribution in [0, 0.1) is 5.92 Å². The zero-order valence-corrected chi connectivity index (χ0v) is 14.1. The third-order valence-electron chi connectivity index (χ3n) is 4.66. The molecule has 1 amide bonds. The molecule has 2 heterocycles. The summed E-state index contributed by atoms with van der Waals surface area (Å²) in [5, 5.41) is 8.87. The number of benzene rings is 2. The molecular formula is C19H19N3O4. The first kappa shape index (κ1) is 16.3. The standard InChI is InChI=1S/C19H19N3O4/c23-18-20-17-15(22(18)11-13-5-2-1-3-6-13)7-4-8-16(17)26-12-14-9-21(10-14)19(24)25/h1-8,14H,9-12H2,(H,20,23)(H,24,25). The Hall–Kier alpha value is -3.22. The molecule has 7 heteroatoms. The molecule has 1 aromatic heterocycles. The predicted molar refractivity (Wildman–Crippen MR) is 96.7 cm³/mol. The van der Waals surface area contributed by atoms with E-state index < -0.39 is 6.09 Å². The van der Waals surface area contributed by atoms with Crippen molar-refractivity contribution in [2.75, 3.05) is 19.7 Å². The van der Waals surface area contributed by atoms with E-state index >= 15 is 0 Å². The van der Waals surface area contributed by atoms with Crippen LogP contribution in [-0.2, 0) is 6.54 Å². The predicted octanol–water partition coefficient (Wildman–Crippen LogP) is 2.37. The van der Waals surface area contributed by atoms with Crippen LogP contribution in [0.3, 0.4) is 0 Å². The summed E-state index contributed by atoms with van der Waals surface area (Å²) in [6.45, 7) is 1.88. The molecule has 0 radical (unpaired) electrons. The number of hydrogen-bond acceptors (Lipinski definition) is 3. The minimum Gasteiger partial charge on any atom is -0.491 e. The van der Waals surface area contributed by atoms with Crippen LogP contribution in [0.15, 0.2) is 53.3 Å². The highest BCUT2D eigenvalue weighted by molar-refractivity contribution is 5.82. The van der Waals surface area contributed by atoms with Gasteiger partial charge in [0.2, 0.25) is 0 Å². The third kappa shape index (κ3) is 3.03. The van der Waals surface area contributed by atoms with E-state index in [-0.39, 0.29) is 11.6 Å². The lowest BCUT2D eigenvalue weighted by Crippen LogP contribution is -2.51. The number of fused-ring (bicyclic) bond motifs is 1. The van der Waals surface area contributed by atoms with Crippen molar-refractivity contribution in [1.82, 2.24) is 14.5 Å². The van der Waals surface area contributed by atoms with Gasteiger partial charge >= 0.3 is 11.8 Å². The number of likely N-dealkylation sites (tertiary alicyclic amines) is 1. The fourth-order valence-corrected chi connectivity index (χ4v) is 3.24. The SMILES string of the molecule is O=C(O)N1CC(COc2cccc3c2[nH]c(=O)n3Cc2ccccc2)C1. The van der Waals surface area contributed by atoms with Crippen molar-refractivity contribution >= 4 is 17.1 Å². The van der Waals surface area contributed by atoms with E-state index in [1.54, 1.807) is 4.57 Å². The van der Waals surface area contributed by atoms with E-state index in [9.17, 15) is 9.59 Å². The zero-order chi connectivity index (χ0) is 18.1. The molecule has 0 saturated carbocycles. The van der Waals surface area contributed by atoms with Gasteiger partial charge in [-0.3, -0.25) is 4.57 Å². The van der Waals surface area contributed by atoms with Gasteiger partial charge in [0.25, 0.3) is 0 Å².